The fourth-order valence-corrected chi connectivity index (χ4v) is 11.6. The second kappa shape index (κ2) is 28.2. The molecule has 0 amide bonds. The zero-order valence-electron chi connectivity index (χ0n) is 56.6. The number of ether oxygens (including phenoxy) is 4. The van der Waals surface area contributed by atoms with Crippen molar-refractivity contribution in [3.63, 3.8) is 0 Å². The molecule has 95 heavy (non-hydrogen) atoms. The van der Waals surface area contributed by atoms with E-state index in [4.69, 9.17) is 28.9 Å². The van der Waals surface area contributed by atoms with E-state index in [-0.39, 0.29) is 27.3 Å². The molecule has 11 rings (SSSR count). The third-order valence-corrected chi connectivity index (χ3v) is 17.1. The first-order chi connectivity index (χ1) is 45.3. The molecule has 13 heteroatoms. The Morgan fingerprint density at radius 2 is 0.821 bits per heavy atom. The van der Waals surface area contributed by atoms with Crippen molar-refractivity contribution >= 4 is 79.8 Å². The lowest BCUT2D eigenvalue weighted by Crippen LogP contribution is -2.12. The molecule has 12 nitrogen and oxygen atoms in total. The molecule has 484 valence electrons. The first-order valence-electron chi connectivity index (χ1n) is 32.6. The number of thiophene rings is 1. The number of H-pyrrole nitrogens is 2. The molecule has 8 bridgehead atoms. The average molecular weight is 1280 g/mol. The molecule has 0 fully saturated rings. The number of aromatic amines is 2. The lowest BCUT2D eigenvalue weighted by atomic mass is 9.93. The quantitative estimate of drug-likeness (QED) is 0.0488. The molecule has 2 aliphatic heterocycles. The van der Waals surface area contributed by atoms with Gasteiger partial charge in [0.2, 0.25) is 0 Å². The molecule has 0 radical (unpaired) electrons. The molecule has 6 heterocycles. The highest BCUT2D eigenvalue weighted by Crippen LogP contribution is 2.42. The van der Waals surface area contributed by atoms with E-state index < -0.39 is 4.92 Å². The fourth-order valence-electron chi connectivity index (χ4n) is 10.7. The summed E-state index contributed by atoms with van der Waals surface area (Å²) in [4.78, 5) is 33.3. The summed E-state index contributed by atoms with van der Waals surface area (Å²) in [6.07, 6.45) is 11.5. The zero-order valence-corrected chi connectivity index (χ0v) is 57.4. The van der Waals surface area contributed by atoms with Gasteiger partial charge in [0.1, 0.15) is 28.0 Å². The van der Waals surface area contributed by atoms with Crippen LogP contribution in [0, 0.1) is 55.5 Å². The number of nitrogens with one attached hydrogen (secondary N) is 2. The van der Waals surface area contributed by atoms with Gasteiger partial charge in [-0.25, -0.2) is 9.97 Å². The van der Waals surface area contributed by atoms with Gasteiger partial charge in [-0.3, -0.25) is 10.1 Å². The summed E-state index contributed by atoms with van der Waals surface area (Å²) in [5, 5.41) is 12.8. The number of nitro groups is 1. The van der Waals surface area contributed by atoms with Crippen molar-refractivity contribution in [3.8, 4) is 68.9 Å². The van der Waals surface area contributed by atoms with Gasteiger partial charge >= 0.3 is 0 Å². The molecule has 4 aromatic heterocycles. The van der Waals surface area contributed by atoms with E-state index in [1.807, 2.05) is 48.6 Å². The maximum absolute atomic E-state index is 11.8. The second-order valence-corrected chi connectivity index (χ2v) is 30.0. The SMILES string of the molecule is CC(C)(C)CCOc1cc(OCCC(C)(C)C)cc(-c2c3nc(c(C#Cc4ccc(N(c5ccccc5)c5ccccc5)s4)c4ccc([nH]4)c(-c4cc(OCCC(C)(C)C)cc(OCCC(C)(C)C)c4)c4nc(c(C#Cc5ccc([N+](=O)[O-])cc5)c5ccc2[nH]5)C=C4)C=C3)c1. The van der Waals surface area contributed by atoms with E-state index in [2.05, 4.69) is 231 Å². The van der Waals surface area contributed by atoms with Crippen LogP contribution in [-0.2, 0) is 0 Å². The molecule has 2 N–H and O–H groups in total. The number of fused-ring (bicyclic) bond motifs is 8. The van der Waals surface area contributed by atoms with Crippen molar-refractivity contribution in [1.82, 2.24) is 19.9 Å². The Hall–Kier alpha value is -10.1. The van der Waals surface area contributed by atoms with E-state index >= 15 is 0 Å². The molecule has 9 aromatic rings. The number of nitrogens with zero attached hydrogens (tertiary/aromatic N) is 4. The molecule has 5 aromatic carbocycles. The van der Waals surface area contributed by atoms with Crippen LogP contribution in [0.2, 0.25) is 0 Å². The molecule has 0 atom stereocenters. The molecular weight excluding hydrogens is 1200 g/mol. The molecule has 2 aliphatic rings. The van der Waals surface area contributed by atoms with Crippen LogP contribution in [0.25, 0.3) is 68.6 Å². The maximum Gasteiger partial charge on any atom is 0.269 e. The minimum atomic E-state index is -0.410. The highest BCUT2D eigenvalue weighted by atomic mass is 32.1. The van der Waals surface area contributed by atoms with Gasteiger partial charge < -0.3 is 33.8 Å². The van der Waals surface area contributed by atoms with Crippen LogP contribution < -0.4 is 23.8 Å². The first-order valence-corrected chi connectivity index (χ1v) is 33.4. The summed E-state index contributed by atoms with van der Waals surface area (Å²) >= 11 is 1.62. The number of non-ortho nitro benzene ring substituents is 1. The van der Waals surface area contributed by atoms with Crippen molar-refractivity contribution in [2.75, 3.05) is 31.3 Å². The van der Waals surface area contributed by atoms with Crippen molar-refractivity contribution in [1.29, 1.82) is 0 Å². The van der Waals surface area contributed by atoms with E-state index in [0.29, 0.717) is 94.4 Å². The van der Waals surface area contributed by atoms with E-state index in [9.17, 15) is 10.1 Å². The monoisotopic (exact) mass is 1280 g/mol. The highest BCUT2D eigenvalue weighted by Gasteiger charge is 2.23. The Labute approximate surface area is 563 Å². The largest absolute Gasteiger partial charge is 0.493 e. The van der Waals surface area contributed by atoms with Crippen LogP contribution in [0.1, 0.15) is 153 Å². The van der Waals surface area contributed by atoms with Gasteiger partial charge in [0.25, 0.3) is 5.69 Å². The zero-order chi connectivity index (χ0) is 67.1. The molecule has 0 unspecified atom stereocenters. The van der Waals surface area contributed by atoms with Crippen LogP contribution in [0.3, 0.4) is 0 Å². The van der Waals surface area contributed by atoms with Crippen LogP contribution in [0.4, 0.5) is 22.1 Å². The minimum absolute atomic E-state index is 0.0204. The van der Waals surface area contributed by atoms with Crippen LogP contribution in [0.15, 0.2) is 158 Å². The Morgan fingerprint density at radius 3 is 1.21 bits per heavy atom. The molecule has 0 aliphatic carbocycles. The van der Waals surface area contributed by atoms with Crippen molar-refractivity contribution in [2.45, 2.75) is 109 Å². The Balaban J connectivity index is 1.19. The van der Waals surface area contributed by atoms with Crippen LogP contribution in [-0.4, -0.2) is 51.3 Å². The topological polar surface area (TPSA) is 141 Å². The summed E-state index contributed by atoms with van der Waals surface area (Å²) < 4.78 is 26.6. The number of hydrogen-bond acceptors (Lipinski definition) is 10. The van der Waals surface area contributed by atoms with E-state index in [1.54, 1.807) is 23.5 Å². The van der Waals surface area contributed by atoms with Crippen LogP contribution in [0.5, 0.6) is 23.0 Å². The Morgan fingerprint density at radius 1 is 0.442 bits per heavy atom. The van der Waals surface area contributed by atoms with Gasteiger partial charge in [-0.15, -0.1) is 11.3 Å². The first kappa shape index (κ1) is 66.4. The lowest BCUT2D eigenvalue weighted by Gasteiger charge is -2.23. The number of aromatic nitrogens is 4. The van der Waals surface area contributed by atoms with Crippen molar-refractivity contribution in [3.05, 3.63) is 212 Å². The molecule has 0 saturated carbocycles. The normalized spacial score (nSPS) is 12.2. The van der Waals surface area contributed by atoms with Gasteiger partial charge in [0.15, 0.2) is 0 Å². The lowest BCUT2D eigenvalue weighted by molar-refractivity contribution is -0.384. The van der Waals surface area contributed by atoms with E-state index in [0.717, 1.165) is 85.7 Å². The number of rotatable bonds is 18. The molecule has 0 saturated heterocycles. The molecular formula is C82H84N6O6S. The summed E-state index contributed by atoms with van der Waals surface area (Å²) in [5.41, 5.74) is 12.9. The van der Waals surface area contributed by atoms with E-state index in [1.165, 1.54) is 12.1 Å². The Kier molecular flexibility index (Phi) is 19.7. The maximum atomic E-state index is 11.8. The highest BCUT2D eigenvalue weighted by molar-refractivity contribution is 7.16. The minimum Gasteiger partial charge on any atom is -0.493 e. The third kappa shape index (κ3) is 17.6. The standard InChI is InChI=1S/C82H84N6O6S/c1-79(2,3)41-45-91-61-49-56(50-62(53-61)92-46-42-80(4,5)6)77-72-36-32-68(83-72)66(30-25-55-23-26-60(27-24-55)88(89)90)69-33-37-73(84-69)78(57-51-63(93-47-43-81(7,8)9)54-64(52-57)94-48-44-82(10,11)12)75-39-35-71(86-75)67(70-34-38-74(77)85-70)31-28-65-29-40-76(95-65)87(58-19-15-13-16-20-58)59-21-17-14-18-22-59/h13-24,26-27,29,32-40,49-54,83,86H,41-48H2,1-12H3. The predicted molar refractivity (Wildman–Crippen MR) is 392 cm³/mol. The summed E-state index contributed by atoms with van der Waals surface area (Å²) in [5.74, 6) is 16.8. The number of anilines is 3. The smallest absolute Gasteiger partial charge is 0.269 e. The fraction of sp³-hybridized carbons (Fsp3) is 0.293. The van der Waals surface area contributed by atoms with Crippen molar-refractivity contribution < 1.29 is 23.9 Å². The number of nitro benzene ring substituents is 1. The third-order valence-electron chi connectivity index (χ3n) is 16.1. The van der Waals surface area contributed by atoms with Gasteiger partial charge in [-0.2, -0.15) is 0 Å². The van der Waals surface area contributed by atoms with Gasteiger partial charge in [0, 0.05) is 63.4 Å². The van der Waals surface area contributed by atoms with Gasteiger partial charge in [-0.1, -0.05) is 143 Å². The summed E-state index contributed by atoms with van der Waals surface area (Å²) in [6, 6.07) is 51.7. The molecule has 0 spiro atoms. The number of benzene rings is 5. The Bertz CT molecular complexity index is 4440. The predicted octanol–water partition coefficient (Wildman–Crippen LogP) is 21.5. The second-order valence-electron chi connectivity index (χ2n) is 29.0. The number of hydrogen-bond donors (Lipinski definition) is 2. The summed E-state index contributed by atoms with van der Waals surface area (Å²) in [7, 11) is 0. The van der Waals surface area contributed by atoms with Gasteiger partial charge in [-0.05, 0) is 180 Å². The van der Waals surface area contributed by atoms with Gasteiger partial charge in [0.05, 0.1) is 81.2 Å². The summed E-state index contributed by atoms with van der Waals surface area (Å²) in [6.45, 7) is 28.6. The van der Waals surface area contributed by atoms with Crippen LogP contribution >= 0.6 is 11.3 Å². The average Bonchev–Trinajstić information content (AvgIpc) is 1.65. The number of para-hydroxylation sites is 2. The van der Waals surface area contributed by atoms with Crippen molar-refractivity contribution in [2.24, 2.45) is 21.7 Å².